The number of aromatic nitrogens is 3. The minimum Gasteiger partial charge on any atom is -0.497 e. The molecule has 2 heterocycles. The lowest BCUT2D eigenvalue weighted by Crippen LogP contribution is -2.28. The fraction of sp³-hybridized carbons (Fsp3) is 0.273. The molecule has 0 unspecified atom stereocenters. The largest absolute Gasteiger partial charge is 0.497 e. The molecule has 1 amide bonds. The lowest BCUT2D eigenvalue weighted by Gasteiger charge is -2.22. The fourth-order valence-corrected chi connectivity index (χ4v) is 4.12. The molecule has 4 rings (SSSR count). The standard InChI is InChI=1S/C22H23N5O3S/c1-26-14-23-24-22(26)31-13-21(28)27-20(16-6-10-18(30-3)11-7-16)12-19(25-27)15-4-8-17(29-2)9-5-15/h4-11,14,20H,12-13H2,1-3H3/t20-/m1/s1. The summed E-state index contributed by atoms with van der Waals surface area (Å²) >= 11 is 1.35. The number of carbonyl (C=O) groups is 1. The fourth-order valence-electron chi connectivity index (χ4n) is 3.38. The minimum atomic E-state index is -0.185. The topological polar surface area (TPSA) is 81.8 Å². The zero-order valence-corrected chi connectivity index (χ0v) is 18.4. The van der Waals surface area contributed by atoms with Crippen molar-refractivity contribution in [1.82, 2.24) is 19.8 Å². The maximum Gasteiger partial charge on any atom is 0.253 e. The number of methoxy groups -OCH3 is 2. The van der Waals surface area contributed by atoms with Crippen molar-refractivity contribution in [1.29, 1.82) is 0 Å². The number of hydrogen-bond acceptors (Lipinski definition) is 7. The molecule has 2 aromatic carbocycles. The van der Waals surface area contributed by atoms with Gasteiger partial charge >= 0.3 is 0 Å². The van der Waals surface area contributed by atoms with Gasteiger partial charge in [-0.3, -0.25) is 4.79 Å². The van der Waals surface area contributed by atoms with Crippen molar-refractivity contribution in [3.05, 3.63) is 66.0 Å². The highest BCUT2D eigenvalue weighted by Crippen LogP contribution is 2.34. The lowest BCUT2D eigenvalue weighted by molar-refractivity contribution is -0.130. The third-order valence-corrected chi connectivity index (χ3v) is 6.10. The number of thioether (sulfide) groups is 1. The number of amides is 1. The second-order valence-corrected chi connectivity index (χ2v) is 7.96. The Morgan fingerprint density at radius 3 is 2.29 bits per heavy atom. The highest BCUT2D eigenvalue weighted by Gasteiger charge is 2.33. The molecule has 1 aromatic heterocycles. The second-order valence-electron chi connectivity index (χ2n) is 7.02. The summed E-state index contributed by atoms with van der Waals surface area (Å²) in [5.74, 6) is 1.69. The van der Waals surface area contributed by atoms with Gasteiger partial charge in [0.15, 0.2) is 5.16 Å². The number of carbonyl (C=O) groups excluding carboxylic acids is 1. The van der Waals surface area contributed by atoms with Crippen LogP contribution in [-0.2, 0) is 11.8 Å². The third kappa shape index (κ3) is 4.56. The molecule has 8 nitrogen and oxygen atoms in total. The van der Waals surface area contributed by atoms with Crippen LogP contribution < -0.4 is 9.47 Å². The van der Waals surface area contributed by atoms with E-state index in [1.807, 2.05) is 55.6 Å². The summed E-state index contributed by atoms with van der Waals surface area (Å²) in [7, 11) is 5.12. The number of nitrogens with zero attached hydrogens (tertiary/aromatic N) is 5. The van der Waals surface area contributed by atoms with Gasteiger partial charge in [-0.15, -0.1) is 10.2 Å². The van der Waals surface area contributed by atoms with E-state index in [2.05, 4.69) is 10.2 Å². The number of rotatable bonds is 7. The van der Waals surface area contributed by atoms with Gasteiger partial charge in [0.1, 0.15) is 17.8 Å². The van der Waals surface area contributed by atoms with Crippen LogP contribution in [0, 0.1) is 0 Å². The molecule has 31 heavy (non-hydrogen) atoms. The van der Waals surface area contributed by atoms with Crippen LogP contribution in [0.4, 0.5) is 0 Å². The van der Waals surface area contributed by atoms with Crippen molar-refractivity contribution < 1.29 is 14.3 Å². The molecule has 3 aromatic rings. The molecular formula is C22H23N5O3S. The van der Waals surface area contributed by atoms with Crippen LogP contribution in [0.5, 0.6) is 11.5 Å². The summed E-state index contributed by atoms with van der Waals surface area (Å²) in [4.78, 5) is 13.1. The van der Waals surface area contributed by atoms with E-state index in [9.17, 15) is 4.79 Å². The smallest absolute Gasteiger partial charge is 0.253 e. The van der Waals surface area contributed by atoms with Gasteiger partial charge < -0.3 is 14.0 Å². The highest BCUT2D eigenvalue weighted by molar-refractivity contribution is 7.99. The Labute approximate surface area is 184 Å². The van der Waals surface area contributed by atoms with E-state index in [1.165, 1.54) is 11.8 Å². The Morgan fingerprint density at radius 1 is 1.06 bits per heavy atom. The van der Waals surface area contributed by atoms with Crippen molar-refractivity contribution in [2.75, 3.05) is 20.0 Å². The van der Waals surface area contributed by atoms with Crippen LogP contribution >= 0.6 is 11.8 Å². The van der Waals surface area contributed by atoms with E-state index >= 15 is 0 Å². The molecule has 1 aliphatic rings. The molecule has 1 aliphatic heterocycles. The minimum absolute atomic E-state index is 0.0858. The normalized spacial score (nSPS) is 15.6. The first-order valence-corrected chi connectivity index (χ1v) is 10.7. The van der Waals surface area contributed by atoms with Gasteiger partial charge in [0, 0.05) is 13.5 Å². The van der Waals surface area contributed by atoms with Crippen LogP contribution in [0.3, 0.4) is 0 Å². The first-order chi connectivity index (χ1) is 15.1. The predicted octanol–water partition coefficient (Wildman–Crippen LogP) is 3.30. The van der Waals surface area contributed by atoms with Gasteiger partial charge in [-0.05, 0) is 47.5 Å². The molecule has 0 spiro atoms. The molecule has 1 atom stereocenters. The van der Waals surface area contributed by atoms with Crippen LogP contribution in [0.2, 0.25) is 0 Å². The Bertz CT molecular complexity index is 1080. The Hall–Kier alpha value is -3.33. The average Bonchev–Trinajstić information content (AvgIpc) is 3.44. The number of ether oxygens (including phenoxy) is 2. The zero-order chi connectivity index (χ0) is 21.8. The van der Waals surface area contributed by atoms with Gasteiger partial charge in [0.2, 0.25) is 0 Å². The maximum atomic E-state index is 13.1. The van der Waals surface area contributed by atoms with Gasteiger partial charge in [-0.25, -0.2) is 5.01 Å². The number of hydrogen-bond donors (Lipinski definition) is 0. The Balaban J connectivity index is 1.59. The summed E-state index contributed by atoms with van der Waals surface area (Å²) in [5.41, 5.74) is 2.83. The Morgan fingerprint density at radius 2 is 1.71 bits per heavy atom. The molecule has 160 valence electrons. The van der Waals surface area contributed by atoms with Gasteiger partial charge in [0.25, 0.3) is 5.91 Å². The van der Waals surface area contributed by atoms with E-state index in [-0.39, 0.29) is 17.7 Å². The monoisotopic (exact) mass is 437 g/mol. The van der Waals surface area contributed by atoms with Crippen molar-refractivity contribution in [3.8, 4) is 11.5 Å². The van der Waals surface area contributed by atoms with Crippen molar-refractivity contribution >= 4 is 23.4 Å². The predicted molar refractivity (Wildman–Crippen MR) is 118 cm³/mol. The average molecular weight is 438 g/mol. The summed E-state index contributed by atoms with van der Waals surface area (Å²) in [6.07, 6.45) is 2.24. The Kier molecular flexibility index (Phi) is 6.22. The van der Waals surface area contributed by atoms with Crippen LogP contribution in [0.1, 0.15) is 23.6 Å². The van der Waals surface area contributed by atoms with E-state index in [1.54, 1.807) is 30.1 Å². The molecule has 0 aliphatic carbocycles. The molecule has 0 bridgehead atoms. The van der Waals surface area contributed by atoms with Crippen molar-refractivity contribution in [2.24, 2.45) is 12.1 Å². The van der Waals surface area contributed by atoms with Gasteiger partial charge in [-0.1, -0.05) is 23.9 Å². The molecular weight excluding hydrogens is 414 g/mol. The van der Waals surface area contributed by atoms with E-state index in [4.69, 9.17) is 14.6 Å². The summed E-state index contributed by atoms with van der Waals surface area (Å²) < 4.78 is 12.3. The van der Waals surface area contributed by atoms with Gasteiger partial charge in [0.05, 0.1) is 31.7 Å². The maximum absolute atomic E-state index is 13.1. The molecule has 9 heteroatoms. The summed E-state index contributed by atoms with van der Waals surface area (Å²) in [6.45, 7) is 0. The summed E-state index contributed by atoms with van der Waals surface area (Å²) in [5, 5.41) is 14.9. The quantitative estimate of drug-likeness (QED) is 0.528. The van der Waals surface area contributed by atoms with E-state index < -0.39 is 0 Å². The molecule has 0 saturated heterocycles. The van der Waals surface area contributed by atoms with Crippen molar-refractivity contribution in [2.45, 2.75) is 17.6 Å². The molecule has 0 N–H and O–H groups in total. The molecule has 0 fully saturated rings. The molecule has 0 radical (unpaired) electrons. The number of hydrazone groups is 1. The first-order valence-electron chi connectivity index (χ1n) is 9.73. The number of benzene rings is 2. The van der Waals surface area contributed by atoms with E-state index in [0.29, 0.717) is 11.6 Å². The van der Waals surface area contributed by atoms with Crippen LogP contribution in [0.25, 0.3) is 0 Å². The van der Waals surface area contributed by atoms with E-state index in [0.717, 1.165) is 28.3 Å². The van der Waals surface area contributed by atoms with Crippen molar-refractivity contribution in [3.63, 3.8) is 0 Å². The van der Waals surface area contributed by atoms with Crippen LogP contribution in [-0.4, -0.2) is 51.4 Å². The zero-order valence-electron chi connectivity index (χ0n) is 17.6. The highest BCUT2D eigenvalue weighted by atomic mass is 32.2. The summed E-state index contributed by atoms with van der Waals surface area (Å²) in [6, 6.07) is 15.3. The lowest BCUT2D eigenvalue weighted by atomic mass is 9.98. The molecule has 0 saturated carbocycles. The van der Waals surface area contributed by atoms with Gasteiger partial charge in [-0.2, -0.15) is 5.10 Å². The SMILES string of the molecule is COc1ccc(C2=NN(C(=O)CSc3nncn3C)[C@@H](c3ccc(OC)cc3)C2)cc1. The van der Waals surface area contributed by atoms with Crippen LogP contribution in [0.15, 0.2) is 65.1 Å². The second kappa shape index (κ2) is 9.22. The first kappa shape index (κ1) is 20.9. The number of aryl methyl sites for hydroxylation is 1. The third-order valence-electron chi connectivity index (χ3n) is 5.08.